The van der Waals surface area contributed by atoms with E-state index in [1.54, 1.807) is 0 Å². The first-order chi connectivity index (χ1) is 10.6. The molecule has 0 saturated heterocycles. The van der Waals surface area contributed by atoms with Gasteiger partial charge in [-0.25, -0.2) is 0 Å². The molecule has 3 nitrogen and oxygen atoms in total. The smallest absolute Gasteiger partial charge is 0.242 e. The Bertz CT molecular complexity index is 673. The molecule has 0 aliphatic carbocycles. The monoisotopic (exact) mass is 292 g/mol. The number of hydrogen-bond acceptors (Lipinski definition) is 2. The van der Waals surface area contributed by atoms with Gasteiger partial charge in [0.2, 0.25) is 5.91 Å². The minimum atomic E-state index is -0.348. The first-order valence-electron chi connectivity index (χ1n) is 7.28. The Balaban J connectivity index is 1.96. The van der Waals surface area contributed by atoms with Crippen LogP contribution in [-0.2, 0) is 4.79 Å². The maximum absolute atomic E-state index is 12.3. The molecular formula is C19H20N2O. The van der Waals surface area contributed by atoms with Crippen molar-refractivity contribution in [3.05, 3.63) is 65.7 Å². The standard InChI is InChI=1S/C19H20N2O/c1-4-16-9-8-12-18(13-16)20-15(3)19(22)21-14(2)17-10-6-5-7-11-17/h1,5-15,20H,2-3H3,(H,21,22). The fraction of sp³-hybridized carbons (Fsp3) is 0.211. The van der Waals surface area contributed by atoms with Gasteiger partial charge in [-0.1, -0.05) is 42.3 Å². The lowest BCUT2D eigenvalue weighted by Crippen LogP contribution is -2.38. The van der Waals surface area contributed by atoms with Gasteiger partial charge in [-0.05, 0) is 37.6 Å². The van der Waals surface area contributed by atoms with Gasteiger partial charge in [0, 0.05) is 11.3 Å². The molecule has 0 bridgehead atoms. The summed E-state index contributed by atoms with van der Waals surface area (Å²) in [6.07, 6.45) is 5.38. The first kappa shape index (κ1) is 15.7. The van der Waals surface area contributed by atoms with Gasteiger partial charge in [0.05, 0.1) is 6.04 Å². The predicted octanol–water partition coefficient (Wildman–Crippen LogP) is 3.35. The molecule has 3 heteroatoms. The largest absolute Gasteiger partial charge is 0.374 e. The highest BCUT2D eigenvalue weighted by molar-refractivity contribution is 5.84. The molecule has 0 radical (unpaired) electrons. The highest BCUT2D eigenvalue weighted by Crippen LogP contribution is 2.13. The zero-order valence-electron chi connectivity index (χ0n) is 12.8. The van der Waals surface area contributed by atoms with Crippen molar-refractivity contribution < 1.29 is 4.79 Å². The number of rotatable bonds is 5. The van der Waals surface area contributed by atoms with Crippen LogP contribution < -0.4 is 10.6 Å². The summed E-state index contributed by atoms with van der Waals surface area (Å²) >= 11 is 0. The molecule has 1 amide bonds. The quantitative estimate of drug-likeness (QED) is 0.830. The summed E-state index contributed by atoms with van der Waals surface area (Å²) < 4.78 is 0. The van der Waals surface area contributed by atoms with Gasteiger partial charge in [0.15, 0.2) is 0 Å². The Hall–Kier alpha value is -2.73. The van der Waals surface area contributed by atoms with Crippen LogP contribution in [0.4, 0.5) is 5.69 Å². The van der Waals surface area contributed by atoms with Crippen LogP contribution >= 0.6 is 0 Å². The fourth-order valence-corrected chi connectivity index (χ4v) is 2.18. The Morgan fingerprint density at radius 2 is 1.82 bits per heavy atom. The van der Waals surface area contributed by atoms with Gasteiger partial charge in [-0.2, -0.15) is 0 Å². The molecule has 2 aromatic carbocycles. The van der Waals surface area contributed by atoms with E-state index in [-0.39, 0.29) is 18.0 Å². The van der Waals surface area contributed by atoms with Crippen LogP contribution in [0.2, 0.25) is 0 Å². The average molecular weight is 292 g/mol. The van der Waals surface area contributed by atoms with Gasteiger partial charge < -0.3 is 10.6 Å². The Morgan fingerprint density at radius 1 is 1.09 bits per heavy atom. The topological polar surface area (TPSA) is 41.1 Å². The number of carbonyl (C=O) groups excluding carboxylic acids is 1. The lowest BCUT2D eigenvalue weighted by molar-refractivity contribution is -0.122. The molecule has 0 aromatic heterocycles. The predicted molar refractivity (Wildman–Crippen MR) is 90.5 cm³/mol. The van der Waals surface area contributed by atoms with Gasteiger partial charge in [-0.3, -0.25) is 4.79 Å². The van der Waals surface area contributed by atoms with Crippen LogP contribution in [0.1, 0.15) is 31.0 Å². The highest BCUT2D eigenvalue weighted by atomic mass is 16.2. The number of anilines is 1. The van der Waals surface area contributed by atoms with E-state index in [0.29, 0.717) is 0 Å². The van der Waals surface area contributed by atoms with Crippen molar-refractivity contribution in [2.75, 3.05) is 5.32 Å². The lowest BCUT2D eigenvalue weighted by Gasteiger charge is -2.19. The zero-order chi connectivity index (χ0) is 15.9. The first-order valence-corrected chi connectivity index (χ1v) is 7.28. The molecule has 2 aromatic rings. The minimum absolute atomic E-state index is 0.0324. The molecule has 2 unspecified atom stereocenters. The van der Waals surface area contributed by atoms with E-state index in [2.05, 4.69) is 16.6 Å². The van der Waals surface area contributed by atoms with E-state index < -0.39 is 0 Å². The Morgan fingerprint density at radius 3 is 2.50 bits per heavy atom. The third-order valence-corrected chi connectivity index (χ3v) is 3.46. The van der Waals surface area contributed by atoms with Crippen LogP contribution in [0.3, 0.4) is 0 Å². The van der Waals surface area contributed by atoms with E-state index in [1.807, 2.05) is 68.4 Å². The molecule has 0 fully saturated rings. The molecule has 112 valence electrons. The summed E-state index contributed by atoms with van der Waals surface area (Å²) in [5, 5.41) is 6.17. The maximum Gasteiger partial charge on any atom is 0.242 e. The Labute approximate surface area is 131 Å². The number of carbonyl (C=O) groups is 1. The fourth-order valence-electron chi connectivity index (χ4n) is 2.18. The van der Waals surface area contributed by atoms with Crippen molar-refractivity contribution in [1.29, 1.82) is 0 Å². The summed E-state index contributed by atoms with van der Waals surface area (Å²) in [5.41, 5.74) is 2.71. The summed E-state index contributed by atoms with van der Waals surface area (Å²) in [6, 6.07) is 17.0. The molecule has 22 heavy (non-hydrogen) atoms. The van der Waals surface area contributed by atoms with Crippen molar-refractivity contribution in [2.24, 2.45) is 0 Å². The van der Waals surface area contributed by atoms with Gasteiger partial charge in [-0.15, -0.1) is 6.42 Å². The van der Waals surface area contributed by atoms with E-state index in [0.717, 1.165) is 16.8 Å². The van der Waals surface area contributed by atoms with Gasteiger partial charge >= 0.3 is 0 Å². The summed E-state index contributed by atoms with van der Waals surface area (Å²) in [5.74, 6) is 2.53. The third kappa shape index (κ3) is 4.13. The van der Waals surface area contributed by atoms with Crippen molar-refractivity contribution in [3.8, 4) is 12.3 Å². The number of terminal acetylenes is 1. The third-order valence-electron chi connectivity index (χ3n) is 3.46. The molecular weight excluding hydrogens is 272 g/mol. The second kappa shape index (κ2) is 7.33. The number of benzene rings is 2. The summed E-state index contributed by atoms with van der Waals surface area (Å²) in [6.45, 7) is 3.80. The van der Waals surface area contributed by atoms with Crippen molar-refractivity contribution in [1.82, 2.24) is 5.32 Å². The van der Waals surface area contributed by atoms with Crippen molar-refractivity contribution in [2.45, 2.75) is 25.9 Å². The average Bonchev–Trinajstić information content (AvgIpc) is 2.55. The minimum Gasteiger partial charge on any atom is -0.374 e. The molecule has 2 atom stereocenters. The molecule has 0 aliphatic heterocycles. The maximum atomic E-state index is 12.3. The van der Waals surface area contributed by atoms with E-state index >= 15 is 0 Å². The van der Waals surface area contributed by atoms with Crippen LogP contribution in [0.5, 0.6) is 0 Å². The van der Waals surface area contributed by atoms with Crippen molar-refractivity contribution in [3.63, 3.8) is 0 Å². The van der Waals surface area contributed by atoms with Crippen LogP contribution in [0.25, 0.3) is 0 Å². The zero-order valence-corrected chi connectivity index (χ0v) is 12.8. The molecule has 2 rings (SSSR count). The summed E-state index contributed by atoms with van der Waals surface area (Å²) in [4.78, 5) is 12.3. The normalized spacial score (nSPS) is 12.8. The molecule has 2 N–H and O–H groups in total. The second-order valence-electron chi connectivity index (χ2n) is 5.23. The molecule has 0 heterocycles. The lowest BCUT2D eigenvalue weighted by atomic mass is 10.1. The summed E-state index contributed by atoms with van der Waals surface area (Å²) in [7, 11) is 0. The number of amides is 1. The van der Waals surface area contributed by atoms with E-state index in [9.17, 15) is 4.79 Å². The molecule has 0 aliphatic rings. The van der Waals surface area contributed by atoms with Crippen LogP contribution in [0.15, 0.2) is 54.6 Å². The highest BCUT2D eigenvalue weighted by Gasteiger charge is 2.15. The van der Waals surface area contributed by atoms with E-state index in [1.165, 1.54) is 0 Å². The number of hydrogen-bond donors (Lipinski definition) is 2. The van der Waals surface area contributed by atoms with Crippen molar-refractivity contribution >= 4 is 11.6 Å². The Kier molecular flexibility index (Phi) is 5.21. The SMILES string of the molecule is C#Cc1cccc(NC(C)C(=O)NC(C)c2ccccc2)c1. The van der Waals surface area contributed by atoms with Crippen LogP contribution in [0, 0.1) is 12.3 Å². The second-order valence-corrected chi connectivity index (χ2v) is 5.23. The van der Waals surface area contributed by atoms with Gasteiger partial charge in [0.25, 0.3) is 0 Å². The number of nitrogens with one attached hydrogen (secondary N) is 2. The van der Waals surface area contributed by atoms with Crippen LogP contribution in [-0.4, -0.2) is 11.9 Å². The molecule has 0 saturated carbocycles. The molecule has 0 spiro atoms. The van der Waals surface area contributed by atoms with E-state index in [4.69, 9.17) is 6.42 Å². The van der Waals surface area contributed by atoms with Gasteiger partial charge in [0.1, 0.15) is 6.04 Å².